The van der Waals surface area contributed by atoms with Crippen LogP contribution in [0.1, 0.15) is 12.0 Å². The molecule has 132 valence electrons. The van der Waals surface area contributed by atoms with Crippen LogP contribution in [0.15, 0.2) is 46.9 Å². The smallest absolute Gasteiger partial charge is 0.229 e. The number of halogens is 1. The summed E-state index contributed by atoms with van der Waals surface area (Å²) in [4.78, 5) is 26.6. The van der Waals surface area contributed by atoms with E-state index in [1.807, 2.05) is 49.4 Å². The van der Waals surface area contributed by atoms with Crippen LogP contribution in [0.5, 0.6) is 0 Å². The largest absolute Gasteiger partial charge is 0.326 e. The molecule has 6 nitrogen and oxygen atoms in total. The first kappa shape index (κ1) is 16.8. The van der Waals surface area contributed by atoms with Crippen molar-refractivity contribution in [1.29, 1.82) is 0 Å². The zero-order valence-corrected chi connectivity index (χ0v) is 15.7. The quantitative estimate of drug-likeness (QED) is 0.689. The lowest BCUT2D eigenvalue weighted by Gasteiger charge is -2.14. The molecule has 4 rings (SSSR count). The van der Waals surface area contributed by atoms with Crippen LogP contribution in [-0.2, 0) is 9.59 Å². The van der Waals surface area contributed by atoms with E-state index in [0.717, 1.165) is 26.6 Å². The van der Waals surface area contributed by atoms with Gasteiger partial charge in [-0.2, -0.15) is 5.10 Å². The van der Waals surface area contributed by atoms with Gasteiger partial charge in [0.2, 0.25) is 11.8 Å². The normalized spacial score (nSPS) is 17.1. The number of anilines is 2. The molecule has 2 N–H and O–H groups in total. The van der Waals surface area contributed by atoms with Crippen molar-refractivity contribution < 1.29 is 9.59 Å². The fourth-order valence-corrected chi connectivity index (χ4v) is 3.60. The second kappa shape index (κ2) is 6.57. The third-order valence-electron chi connectivity index (χ3n) is 4.54. The van der Waals surface area contributed by atoms with E-state index in [0.29, 0.717) is 12.4 Å². The number of nitrogens with zero attached hydrogens (tertiary/aromatic N) is 2. The molecule has 0 radical (unpaired) electrons. The summed E-state index contributed by atoms with van der Waals surface area (Å²) in [5.41, 5.74) is 2.66. The van der Waals surface area contributed by atoms with Crippen molar-refractivity contribution in [3.63, 3.8) is 0 Å². The van der Waals surface area contributed by atoms with Gasteiger partial charge in [-0.3, -0.25) is 19.6 Å². The van der Waals surface area contributed by atoms with Crippen molar-refractivity contribution in [3.8, 4) is 0 Å². The number of amides is 2. The highest BCUT2D eigenvalue weighted by atomic mass is 79.9. The molecule has 1 unspecified atom stereocenters. The molecule has 26 heavy (non-hydrogen) atoms. The van der Waals surface area contributed by atoms with E-state index >= 15 is 0 Å². The number of aryl methyl sites for hydroxylation is 1. The first-order chi connectivity index (χ1) is 12.5. The van der Waals surface area contributed by atoms with E-state index in [1.54, 1.807) is 4.90 Å². The van der Waals surface area contributed by atoms with Gasteiger partial charge in [-0.1, -0.05) is 28.1 Å². The summed E-state index contributed by atoms with van der Waals surface area (Å²) in [5.74, 6) is -0.0617. The molecule has 1 fully saturated rings. The van der Waals surface area contributed by atoms with Crippen molar-refractivity contribution in [2.45, 2.75) is 13.3 Å². The monoisotopic (exact) mass is 412 g/mol. The SMILES string of the molecule is Cc1cccc(NC(=O)C2CC(=O)N(c3n[nH]c4cc(Br)ccc34)C2)c1. The van der Waals surface area contributed by atoms with Crippen molar-refractivity contribution in [2.24, 2.45) is 5.92 Å². The van der Waals surface area contributed by atoms with Gasteiger partial charge in [-0.25, -0.2) is 0 Å². The highest BCUT2D eigenvalue weighted by Gasteiger charge is 2.36. The summed E-state index contributed by atoms with van der Waals surface area (Å²) in [5, 5.41) is 11.0. The zero-order chi connectivity index (χ0) is 18.3. The molecule has 1 aliphatic rings. The summed E-state index contributed by atoms with van der Waals surface area (Å²) in [6, 6.07) is 13.3. The standard InChI is InChI=1S/C19H17BrN4O2/c1-11-3-2-4-14(7-11)21-19(26)12-8-17(25)24(10-12)18-15-6-5-13(20)9-16(15)22-23-18/h2-7,9,12H,8,10H2,1H3,(H,21,26)(H,22,23). The highest BCUT2D eigenvalue weighted by Crippen LogP contribution is 2.31. The number of hydrogen-bond donors (Lipinski definition) is 2. The second-order valence-corrected chi connectivity index (χ2v) is 7.42. The van der Waals surface area contributed by atoms with Gasteiger partial charge in [0.1, 0.15) is 0 Å². The molecule has 1 atom stereocenters. The number of nitrogens with one attached hydrogen (secondary N) is 2. The van der Waals surface area contributed by atoms with E-state index in [-0.39, 0.29) is 18.2 Å². The van der Waals surface area contributed by atoms with Crippen LogP contribution < -0.4 is 10.2 Å². The van der Waals surface area contributed by atoms with Crippen molar-refractivity contribution >= 4 is 50.2 Å². The van der Waals surface area contributed by atoms with Crippen molar-refractivity contribution in [3.05, 3.63) is 52.5 Å². The van der Waals surface area contributed by atoms with Crippen molar-refractivity contribution in [1.82, 2.24) is 10.2 Å². The predicted octanol–water partition coefficient (Wildman–Crippen LogP) is 3.63. The number of carbonyl (C=O) groups is 2. The predicted molar refractivity (Wildman–Crippen MR) is 104 cm³/mol. The second-order valence-electron chi connectivity index (χ2n) is 6.50. The van der Waals surface area contributed by atoms with E-state index in [4.69, 9.17) is 0 Å². The number of rotatable bonds is 3. The summed E-state index contributed by atoms with van der Waals surface area (Å²) >= 11 is 3.42. The van der Waals surface area contributed by atoms with Gasteiger partial charge < -0.3 is 5.32 Å². The number of benzene rings is 2. The first-order valence-electron chi connectivity index (χ1n) is 8.33. The van der Waals surface area contributed by atoms with E-state index in [9.17, 15) is 9.59 Å². The van der Waals surface area contributed by atoms with Crippen LogP contribution in [0.2, 0.25) is 0 Å². The molecule has 3 aromatic rings. The average Bonchev–Trinajstić information content (AvgIpc) is 3.17. The van der Waals surface area contributed by atoms with Gasteiger partial charge in [0, 0.05) is 28.5 Å². The van der Waals surface area contributed by atoms with Crippen LogP contribution >= 0.6 is 15.9 Å². The summed E-state index contributed by atoms with van der Waals surface area (Å²) < 4.78 is 0.934. The molecule has 0 bridgehead atoms. The Kier molecular flexibility index (Phi) is 4.24. The third-order valence-corrected chi connectivity index (χ3v) is 5.04. The zero-order valence-electron chi connectivity index (χ0n) is 14.1. The fourth-order valence-electron chi connectivity index (χ4n) is 3.24. The number of aromatic amines is 1. The Balaban J connectivity index is 1.53. The number of aromatic nitrogens is 2. The maximum Gasteiger partial charge on any atom is 0.229 e. The number of carbonyl (C=O) groups excluding carboxylic acids is 2. The van der Waals surface area contributed by atoms with Gasteiger partial charge in [0.15, 0.2) is 5.82 Å². The van der Waals surface area contributed by atoms with Gasteiger partial charge in [0.25, 0.3) is 0 Å². The lowest BCUT2D eigenvalue weighted by Crippen LogP contribution is -2.28. The molecule has 1 saturated heterocycles. The number of H-pyrrole nitrogens is 1. The summed E-state index contributed by atoms with van der Waals surface area (Å²) in [6.07, 6.45) is 0.183. The van der Waals surface area contributed by atoms with Crippen LogP contribution in [0.25, 0.3) is 10.9 Å². The molecular formula is C19H17BrN4O2. The van der Waals surface area contributed by atoms with E-state index in [2.05, 4.69) is 31.4 Å². The van der Waals surface area contributed by atoms with Crippen LogP contribution in [0.3, 0.4) is 0 Å². The summed E-state index contributed by atoms with van der Waals surface area (Å²) in [7, 11) is 0. The molecule has 0 spiro atoms. The topological polar surface area (TPSA) is 78.1 Å². The number of fused-ring (bicyclic) bond motifs is 1. The molecule has 0 saturated carbocycles. The molecule has 1 aromatic heterocycles. The minimum atomic E-state index is -0.398. The molecule has 2 aromatic carbocycles. The van der Waals surface area contributed by atoms with Crippen molar-refractivity contribution in [2.75, 3.05) is 16.8 Å². The van der Waals surface area contributed by atoms with Crippen LogP contribution in [0.4, 0.5) is 11.5 Å². The van der Waals surface area contributed by atoms with Gasteiger partial charge in [-0.15, -0.1) is 0 Å². The van der Waals surface area contributed by atoms with Crippen LogP contribution in [0, 0.1) is 12.8 Å². The molecule has 7 heteroatoms. The minimum Gasteiger partial charge on any atom is -0.326 e. The minimum absolute atomic E-state index is 0.0919. The van der Waals surface area contributed by atoms with Crippen LogP contribution in [-0.4, -0.2) is 28.6 Å². The first-order valence-corrected chi connectivity index (χ1v) is 9.12. The van der Waals surface area contributed by atoms with E-state index < -0.39 is 5.92 Å². The maximum atomic E-state index is 12.6. The highest BCUT2D eigenvalue weighted by molar-refractivity contribution is 9.10. The Bertz CT molecular complexity index is 1010. The molecule has 0 aliphatic carbocycles. The average molecular weight is 413 g/mol. The molecule has 1 aliphatic heterocycles. The fraction of sp³-hybridized carbons (Fsp3) is 0.211. The van der Waals surface area contributed by atoms with E-state index in [1.165, 1.54) is 0 Å². The molecule has 2 heterocycles. The van der Waals surface area contributed by atoms with Gasteiger partial charge in [-0.05, 0) is 42.8 Å². The lowest BCUT2D eigenvalue weighted by atomic mass is 10.1. The Hall–Kier alpha value is -2.67. The van der Waals surface area contributed by atoms with Gasteiger partial charge >= 0.3 is 0 Å². The Labute approximate surface area is 158 Å². The van der Waals surface area contributed by atoms with Gasteiger partial charge in [0.05, 0.1) is 11.4 Å². The Morgan fingerprint density at radius 2 is 2.15 bits per heavy atom. The third kappa shape index (κ3) is 3.10. The maximum absolute atomic E-state index is 12.6. The Morgan fingerprint density at radius 1 is 1.31 bits per heavy atom. The summed E-state index contributed by atoms with van der Waals surface area (Å²) in [6.45, 7) is 2.30. The Morgan fingerprint density at radius 3 is 2.96 bits per heavy atom. The number of hydrogen-bond acceptors (Lipinski definition) is 3. The lowest BCUT2D eigenvalue weighted by molar-refractivity contribution is -0.122. The molecule has 2 amide bonds. The molecular weight excluding hydrogens is 396 g/mol.